The van der Waals surface area contributed by atoms with Crippen LogP contribution in [0.15, 0.2) is 48.5 Å². The van der Waals surface area contributed by atoms with Gasteiger partial charge in [0.25, 0.3) is 0 Å². The molecule has 2 aromatic carbocycles. The normalized spacial score (nSPS) is 12.5. The molecule has 1 unspecified atom stereocenters. The molecule has 0 spiro atoms. The molecule has 4 nitrogen and oxygen atoms in total. The van der Waals surface area contributed by atoms with Crippen LogP contribution in [-0.2, 0) is 4.79 Å². The first-order valence-electron chi connectivity index (χ1n) is 8.01. The molecule has 0 aliphatic rings. The summed E-state index contributed by atoms with van der Waals surface area (Å²) in [5.74, 6) is 0.965. The summed E-state index contributed by atoms with van der Waals surface area (Å²) in [6, 6.07) is 14.2. The average Bonchev–Trinajstić information content (AvgIpc) is 2.61. The molecule has 0 saturated heterocycles. The Labute approximate surface area is 143 Å². The Bertz CT molecular complexity index is 672. The minimum atomic E-state index is -0.743. The lowest BCUT2D eigenvalue weighted by molar-refractivity contribution is -0.144. The lowest BCUT2D eigenvalue weighted by Gasteiger charge is -2.20. The number of carbonyl (C=O) groups is 1. The van der Waals surface area contributed by atoms with Gasteiger partial charge in [0.05, 0.1) is 12.5 Å². The molecule has 1 N–H and O–H groups in total. The number of carbonyl (C=O) groups excluding carboxylic acids is 1. The zero-order valence-electron chi connectivity index (χ0n) is 14.6. The maximum atomic E-state index is 12.1. The van der Waals surface area contributed by atoms with Gasteiger partial charge in [-0.2, -0.15) is 0 Å². The molecule has 1 atom stereocenters. The SMILES string of the molecule is CCC(C)(C)C(=O)Oc1ccc(C(O)c2ccc(OC)cc2)cc1. The van der Waals surface area contributed by atoms with E-state index < -0.39 is 11.5 Å². The molecule has 0 bridgehead atoms. The van der Waals surface area contributed by atoms with Crippen molar-refractivity contribution in [2.75, 3.05) is 7.11 Å². The van der Waals surface area contributed by atoms with E-state index in [1.807, 2.05) is 45.0 Å². The van der Waals surface area contributed by atoms with Crippen LogP contribution in [0.3, 0.4) is 0 Å². The Morgan fingerprint density at radius 3 is 1.88 bits per heavy atom. The molecule has 4 heteroatoms. The van der Waals surface area contributed by atoms with Gasteiger partial charge in [0.15, 0.2) is 0 Å². The third-order valence-corrected chi connectivity index (χ3v) is 4.27. The predicted molar refractivity (Wildman–Crippen MR) is 93.2 cm³/mol. The van der Waals surface area contributed by atoms with Crippen LogP contribution in [0.25, 0.3) is 0 Å². The zero-order chi connectivity index (χ0) is 17.7. The molecule has 0 aromatic heterocycles. The van der Waals surface area contributed by atoms with E-state index in [0.29, 0.717) is 12.2 Å². The van der Waals surface area contributed by atoms with Gasteiger partial charge in [-0.25, -0.2) is 0 Å². The van der Waals surface area contributed by atoms with Gasteiger partial charge >= 0.3 is 5.97 Å². The highest BCUT2D eigenvalue weighted by Crippen LogP contribution is 2.27. The summed E-state index contributed by atoms with van der Waals surface area (Å²) in [5.41, 5.74) is 0.990. The third-order valence-electron chi connectivity index (χ3n) is 4.27. The highest BCUT2D eigenvalue weighted by molar-refractivity contribution is 5.78. The Hall–Kier alpha value is -2.33. The van der Waals surface area contributed by atoms with E-state index in [-0.39, 0.29) is 5.97 Å². The van der Waals surface area contributed by atoms with Crippen molar-refractivity contribution < 1.29 is 19.4 Å². The van der Waals surface area contributed by atoms with Crippen molar-refractivity contribution >= 4 is 5.97 Å². The molecule has 0 fully saturated rings. The first kappa shape index (κ1) is 18.0. The molecule has 0 aliphatic heterocycles. The molecule has 2 rings (SSSR count). The van der Waals surface area contributed by atoms with Crippen LogP contribution in [0.4, 0.5) is 0 Å². The second-order valence-corrected chi connectivity index (χ2v) is 6.37. The second kappa shape index (κ2) is 7.49. The highest BCUT2D eigenvalue weighted by Gasteiger charge is 2.27. The molecule has 0 radical (unpaired) electrons. The van der Waals surface area contributed by atoms with E-state index in [1.165, 1.54) is 0 Å². The van der Waals surface area contributed by atoms with Crippen LogP contribution in [-0.4, -0.2) is 18.2 Å². The fourth-order valence-corrected chi connectivity index (χ4v) is 2.09. The quantitative estimate of drug-likeness (QED) is 0.640. The van der Waals surface area contributed by atoms with Crippen LogP contribution in [0.2, 0.25) is 0 Å². The smallest absolute Gasteiger partial charge is 0.316 e. The summed E-state index contributed by atoms with van der Waals surface area (Å²) in [7, 11) is 1.60. The molecule has 0 heterocycles. The lowest BCUT2D eigenvalue weighted by atomic mass is 9.91. The number of hydrogen-bond donors (Lipinski definition) is 1. The van der Waals surface area contributed by atoms with Crippen molar-refractivity contribution in [1.29, 1.82) is 0 Å². The molecule has 128 valence electrons. The standard InChI is InChI=1S/C20H24O4/c1-5-20(2,3)19(22)24-17-12-8-15(9-13-17)18(21)14-6-10-16(23-4)11-7-14/h6-13,18,21H,5H2,1-4H3. The fourth-order valence-electron chi connectivity index (χ4n) is 2.09. The summed E-state index contributed by atoms with van der Waals surface area (Å²) < 4.78 is 10.5. The molecule has 0 saturated carbocycles. The van der Waals surface area contributed by atoms with Gasteiger partial charge in [-0.1, -0.05) is 31.2 Å². The maximum Gasteiger partial charge on any atom is 0.316 e. The van der Waals surface area contributed by atoms with Crippen molar-refractivity contribution in [2.24, 2.45) is 5.41 Å². The summed E-state index contributed by atoms with van der Waals surface area (Å²) in [4.78, 5) is 12.1. The topological polar surface area (TPSA) is 55.8 Å². The molecule has 0 aliphatic carbocycles. The van der Waals surface area contributed by atoms with Crippen LogP contribution in [0.5, 0.6) is 11.5 Å². The minimum absolute atomic E-state index is 0.256. The average molecular weight is 328 g/mol. The van der Waals surface area contributed by atoms with Crippen LogP contribution in [0.1, 0.15) is 44.4 Å². The van der Waals surface area contributed by atoms with Gasteiger partial charge in [-0.15, -0.1) is 0 Å². The molecular formula is C20H24O4. The third kappa shape index (κ3) is 4.15. The predicted octanol–water partition coefficient (Wildman–Crippen LogP) is 4.12. The molecule has 0 amide bonds. The maximum absolute atomic E-state index is 12.1. The van der Waals surface area contributed by atoms with E-state index in [2.05, 4.69) is 0 Å². The largest absolute Gasteiger partial charge is 0.497 e. The van der Waals surface area contributed by atoms with Crippen molar-refractivity contribution in [2.45, 2.75) is 33.3 Å². The Kier molecular flexibility index (Phi) is 5.62. The van der Waals surface area contributed by atoms with Crippen LogP contribution < -0.4 is 9.47 Å². The van der Waals surface area contributed by atoms with E-state index in [9.17, 15) is 9.90 Å². The van der Waals surface area contributed by atoms with E-state index in [1.54, 1.807) is 31.4 Å². The summed E-state index contributed by atoms with van der Waals surface area (Å²) in [5, 5.41) is 10.4. The van der Waals surface area contributed by atoms with Crippen molar-refractivity contribution in [3.05, 3.63) is 59.7 Å². The number of aliphatic hydroxyl groups excluding tert-OH is 1. The number of esters is 1. The monoisotopic (exact) mass is 328 g/mol. The van der Waals surface area contributed by atoms with Crippen LogP contribution in [0, 0.1) is 5.41 Å². The fraction of sp³-hybridized carbons (Fsp3) is 0.350. The molecule has 2 aromatic rings. The Morgan fingerprint density at radius 1 is 1.00 bits per heavy atom. The van der Waals surface area contributed by atoms with Crippen molar-refractivity contribution in [3.8, 4) is 11.5 Å². The summed E-state index contributed by atoms with van der Waals surface area (Å²) in [6.45, 7) is 5.67. The number of rotatable bonds is 6. The number of methoxy groups -OCH3 is 1. The molecular weight excluding hydrogens is 304 g/mol. The Balaban J connectivity index is 2.09. The van der Waals surface area contributed by atoms with Crippen LogP contribution >= 0.6 is 0 Å². The van der Waals surface area contributed by atoms with Crippen molar-refractivity contribution in [1.82, 2.24) is 0 Å². The Morgan fingerprint density at radius 2 is 1.46 bits per heavy atom. The van der Waals surface area contributed by atoms with Crippen molar-refractivity contribution in [3.63, 3.8) is 0 Å². The van der Waals surface area contributed by atoms with E-state index >= 15 is 0 Å². The number of aliphatic hydroxyl groups is 1. The van der Waals surface area contributed by atoms with Gasteiger partial charge in [0.1, 0.15) is 17.6 Å². The number of benzene rings is 2. The summed E-state index contributed by atoms with van der Waals surface area (Å²) in [6.07, 6.45) is -0.0344. The van der Waals surface area contributed by atoms with Gasteiger partial charge < -0.3 is 14.6 Å². The van der Waals surface area contributed by atoms with Gasteiger partial charge in [0, 0.05) is 0 Å². The highest BCUT2D eigenvalue weighted by atomic mass is 16.5. The summed E-state index contributed by atoms with van der Waals surface area (Å²) >= 11 is 0. The lowest BCUT2D eigenvalue weighted by Crippen LogP contribution is -2.28. The first-order chi connectivity index (χ1) is 11.4. The minimum Gasteiger partial charge on any atom is -0.497 e. The number of hydrogen-bond acceptors (Lipinski definition) is 4. The van der Waals surface area contributed by atoms with Gasteiger partial charge in [0.2, 0.25) is 0 Å². The number of ether oxygens (including phenoxy) is 2. The van der Waals surface area contributed by atoms with Gasteiger partial charge in [-0.05, 0) is 55.7 Å². The second-order valence-electron chi connectivity index (χ2n) is 6.37. The zero-order valence-corrected chi connectivity index (χ0v) is 14.6. The van der Waals surface area contributed by atoms with E-state index in [4.69, 9.17) is 9.47 Å². The molecule has 24 heavy (non-hydrogen) atoms. The first-order valence-corrected chi connectivity index (χ1v) is 8.01. The van der Waals surface area contributed by atoms with E-state index in [0.717, 1.165) is 16.9 Å². The van der Waals surface area contributed by atoms with Gasteiger partial charge in [-0.3, -0.25) is 4.79 Å².